The third-order valence-electron chi connectivity index (χ3n) is 4.33. The van der Waals surface area contributed by atoms with E-state index >= 15 is 0 Å². The second-order valence-electron chi connectivity index (χ2n) is 6.67. The van der Waals surface area contributed by atoms with Gasteiger partial charge >= 0.3 is 0 Å². The highest BCUT2D eigenvalue weighted by Crippen LogP contribution is 2.17. The van der Waals surface area contributed by atoms with Crippen molar-refractivity contribution in [3.8, 4) is 0 Å². The maximum atomic E-state index is 12.4. The van der Waals surface area contributed by atoms with E-state index in [0.29, 0.717) is 5.69 Å². The topological polar surface area (TPSA) is 130 Å². The minimum atomic E-state index is -3.84. The maximum Gasteiger partial charge on any atom is 0.241 e. The molecule has 2 rings (SSSR count). The van der Waals surface area contributed by atoms with Gasteiger partial charge in [-0.1, -0.05) is 0 Å². The smallest absolute Gasteiger partial charge is 0.241 e. The first-order valence-electron chi connectivity index (χ1n) is 8.63. The summed E-state index contributed by atoms with van der Waals surface area (Å²) in [6.07, 6.45) is 3.31. The molecule has 1 fully saturated rings. The fourth-order valence-corrected chi connectivity index (χ4v) is 4.07. The average Bonchev–Trinajstić information content (AvgIpc) is 2.56. The number of nitrogens with one attached hydrogen (secondary N) is 3. The molecule has 5 N–H and O–H groups in total. The molecule has 1 atom stereocenters. The van der Waals surface area contributed by atoms with Gasteiger partial charge in [-0.05, 0) is 56.9 Å². The Balaban J connectivity index is 1.94. The van der Waals surface area contributed by atoms with Crippen LogP contribution in [0.2, 0.25) is 0 Å². The predicted octanol–water partition coefficient (Wildman–Crippen LogP) is 0.698. The van der Waals surface area contributed by atoms with Gasteiger partial charge in [-0.15, -0.1) is 0 Å². The van der Waals surface area contributed by atoms with Gasteiger partial charge in [-0.3, -0.25) is 9.59 Å². The van der Waals surface area contributed by atoms with Gasteiger partial charge in [0.05, 0.1) is 10.9 Å². The van der Waals surface area contributed by atoms with Gasteiger partial charge in [0.25, 0.3) is 0 Å². The number of rotatable bonds is 6. The number of anilines is 1. The first kappa shape index (κ1) is 20.3. The van der Waals surface area contributed by atoms with Crippen molar-refractivity contribution in [3.05, 3.63) is 24.3 Å². The maximum absolute atomic E-state index is 12.4. The Morgan fingerprint density at radius 3 is 2.23 bits per heavy atom. The lowest BCUT2D eigenvalue weighted by molar-refractivity contribution is -0.123. The highest BCUT2D eigenvalue weighted by atomic mass is 32.2. The Hall–Kier alpha value is -1.97. The van der Waals surface area contributed by atoms with E-state index in [1.807, 2.05) is 0 Å². The van der Waals surface area contributed by atoms with Crippen LogP contribution in [-0.4, -0.2) is 38.4 Å². The van der Waals surface area contributed by atoms with Crippen LogP contribution < -0.4 is 21.1 Å². The van der Waals surface area contributed by atoms with Crippen LogP contribution in [-0.2, 0) is 19.6 Å². The lowest BCUT2D eigenvalue weighted by Crippen LogP contribution is -2.49. The van der Waals surface area contributed by atoms with Crippen molar-refractivity contribution in [2.24, 2.45) is 5.73 Å². The van der Waals surface area contributed by atoms with E-state index in [1.54, 1.807) is 0 Å². The van der Waals surface area contributed by atoms with Crippen molar-refractivity contribution in [3.63, 3.8) is 0 Å². The van der Waals surface area contributed by atoms with Crippen molar-refractivity contribution in [1.82, 2.24) is 10.0 Å². The third-order valence-corrected chi connectivity index (χ3v) is 5.89. The normalized spacial score (nSPS) is 21.7. The molecular formula is C17H26N4O4S. The second-order valence-corrected chi connectivity index (χ2v) is 8.38. The van der Waals surface area contributed by atoms with E-state index in [9.17, 15) is 18.0 Å². The van der Waals surface area contributed by atoms with Crippen molar-refractivity contribution < 1.29 is 18.0 Å². The molecule has 1 saturated carbocycles. The zero-order valence-corrected chi connectivity index (χ0v) is 15.8. The molecule has 1 aromatic rings. The van der Waals surface area contributed by atoms with Gasteiger partial charge in [-0.2, -0.15) is 4.72 Å². The van der Waals surface area contributed by atoms with Crippen LogP contribution in [0.15, 0.2) is 29.2 Å². The van der Waals surface area contributed by atoms with Gasteiger partial charge in [0.15, 0.2) is 0 Å². The lowest BCUT2D eigenvalue weighted by atomic mass is 9.92. The van der Waals surface area contributed by atoms with Gasteiger partial charge in [-0.25, -0.2) is 8.42 Å². The van der Waals surface area contributed by atoms with Gasteiger partial charge in [0.2, 0.25) is 21.8 Å². The molecule has 9 heteroatoms. The summed E-state index contributed by atoms with van der Waals surface area (Å²) in [5.74, 6) is -0.600. The minimum Gasteiger partial charge on any atom is -0.352 e. The van der Waals surface area contributed by atoms with E-state index in [2.05, 4.69) is 15.4 Å². The lowest BCUT2D eigenvalue weighted by Gasteiger charge is -2.28. The molecule has 0 aliphatic heterocycles. The second kappa shape index (κ2) is 8.61. The molecule has 0 aromatic heterocycles. The van der Waals surface area contributed by atoms with Crippen molar-refractivity contribution in [2.45, 2.75) is 62.6 Å². The number of hydrogen-bond donors (Lipinski definition) is 4. The Morgan fingerprint density at radius 2 is 1.69 bits per heavy atom. The predicted molar refractivity (Wildman–Crippen MR) is 98.9 cm³/mol. The van der Waals surface area contributed by atoms with E-state index in [0.717, 1.165) is 25.7 Å². The molecule has 1 aromatic carbocycles. The van der Waals surface area contributed by atoms with Crippen LogP contribution in [0.4, 0.5) is 5.69 Å². The number of carbonyl (C=O) groups is 2. The molecule has 144 valence electrons. The number of benzene rings is 1. The molecule has 1 unspecified atom stereocenters. The molecule has 8 nitrogen and oxygen atoms in total. The Bertz CT molecular complexity index is 741. The van der Waals surface area contributed by atoms with Crippen LogP contribution in [0.1, 0.15) is 39.5 Å². The summed E-state index contributed by atoms with van der Waals surface area (Å²) < 4.78 is 27.2. The van der Waals surface area contributed by atoms with Gasteiger partial charge < -0.3 is 16.4 Å². The molecule has 2 amide bonds. The molecule has 1 aliphatic rings. The SMILES string of the molecule is CC(=O)Nc1ccc(S(=O)(=O)NC(C)C(=O)NC2CCC(N)CC2)cc1. The van der Waals surface area contributed by atoms with E-state index < -0.39 is 16.1 Å². The average molecular weight is 382 g/mol. The standard InChI is InChI=1S/C17H26N4O4S/c1-11(17(23)20-15-5-3-13(18)4-6-15)21-26(24,25)16-9-7-14(8-10-16)19-12(2)22/h7-11,13,15,21H,3-6,18H2,1-2H3,(H,19,22)(H,20,23). The first-order chi connectivity index (χ1) is 12.2. The van der Waals surface area contributed by atoms with Crippen LogP contribution in [0.5, 0.6) is 0 Å². The van der Waals surface area contributed by atoms with E-state index in [-0.39, 0.29) is 28.8 Å². The van der Waals surface area contributed by atoms with Crippen LogP contribution >= 0.6 is 0 Å². The fourth-order valence-electron chi connectivity index (χ4n) is 2.86. The number of sulfonamides is 1. The van der Waals surface area contributed by atoms with Gasteiger partial charge in [0, 0.05) is 24.7 Å². The highest BCUT2D eigenvalue weighted by Gasteiger charge is 2.25. The Kier molecular flexibility index (Phi) is 6.74. The minimum absolute atomic E-state index is 0.0230. The Labute approximate surface area is 154 Å². The van der Waals surface area contributed by atoms with Crippen LogP contribution in [0, 0.1) is 0 Å². The summed E-state index contributed by atoms with van der Waals surface area (Å²) in [5.41, 5.74) is 6.34. The summed E-state index contributed by atoms with van der Waals surface area (Å²) in [6, 6.07) is 5.05. The summed E-state index contributed by atoms with van der Waals surface area (Å²) >= 11 is 0. The largest absolute Gasteiger partial charge is 0.352 e. The van der Waals surface area contributed by atoms with Crippen LogP contribution in [0.25, 0.3) is 0 Å². The highest BCUT2D eigenvalue weighted by molar-refractivity contribution is 7.89. The van der Waals surface area contributed by atoms with Crippen LogP contribution in [0.3, 0.4) is 0 Å². The molecule has 0 spiro atoms. The fraction of sp³-hybridized carbons (Fsp3) is 0.529. The molecule has 0 saturated heterocycles. The molecule has 26 heavy (non-hydrogen) atoms. The number of amides is 2. The number of carbonyl (C=O) groups excluding carboxylic acids is 2. The quantitative estimate of drug-likeness (QED) is 0.575. The molecule has 0 heterocycles. The van der Waals surface area contributed by atoms with Crippen molar-refractivity contribution >= 4 is 27.5 Å². The number of nitrogens with two attached hydrogens (primary N) is 1. The summed E-state index contributed by atoms with van der Waals surface area (Å²) in [5, 5.41) is 5.44. The zero-order chi connectivity index (χ0) is 19.3. The monoisotopic (exact) mass is 382 g/mol. The summed E-state index contributed by atoms with van der Waals surface area (Å²) in [7, 11) is -3.84. The molecule has 0 radical (unpaired) electrons. The summed E-state index contributed by atoms with van der Waals surface area (Å²) in [4.78, 5) is 23.3. The first-order valence-corrected chi connectivity index (χ1v) is 10.1. The number of hydrogen-bond acceptors (Lipinski definition) is 5. The molecular weight excluding hydrogens is 356 g/mol. The van der Waals surface area contributed by atoms with Crippen molar-refractivity contribution in [2.75, 3.05) is 5.32 Å². The van der Waals surface area contributed by atoms with Gasteiger partial charge in [0.1, 0.15) is 0 Å². The Morgan fingerprint density at radius 1 is 1.12 bits per heavy atom. The van der Waals surface area contributed by atoms with E-state index in [4.69, 9.17) is 5.73 Å². The molecule has 0 bridgehead atoms. The zero-order valence-electron chi connectivity index (χ0n) is 15.0. The van der Waals surface area contributed by atoms with Crippen molar-refractivity contribution in [1.29, 1.82) is 0 Å². The van der Waals surface area contributed by atoms with E-state index in [1.165, 1.54) is 38.1 Å². The summed E-state index contributed by atoms with van der Waals surface area (Å²) in [6.45, 7) is 2.87. The molecule has 1 aliphatic carbocycles. The third kappa shape index (κ3) is 5.79.